The highest BCUT2D eigenvalue weighted by Crippen LogP contribution is 2.25. The third-order valence-corrected chi connectivity index (χ3v) is 4.03. The van der Waals surface area contributed by atoms with Crippen LogP contribution in [-0.4, -0.2) is 22.5 Å². The minimum atomic E-state index is 0.655. The lowest BCUT2D eigenvalue weighted by molar-refractivity contribution is 0.340. The number of nitrogens with zero attached hydrogens (tertiary/aromatic N) is 2. The van der Waals surface area contributed by atoms with Crippen molar-refractivity contribution in [3.05, 3.63) is 41.5 Å². The topological polar surface area (TPSA) is 52.5 Å². The van der Waals surface area contributed by atoms with Crippen molar-refractivity contribution in [1.82, 2.24) is 9.38 Å². The Morgan fingerprint density at radius 3 is 2.80 bits per heavy atom. The molecule has 0 bridgehead atoms. The molecular weight excluding hydrogens is 270 g/mol. The maximum absolute atomic E-state index is 5.63. The van der Waals surface area contributed by atoms with E-state index in [9.17, 15) is 0 Å². The highest BCUT2D eigenvalue weighted by molar-refractivity contribution is 7.15. The molecule has 0 spiro atoms. The highest BCUT2D eigenvalue weighted by Gasteiger charge is 2.09. The highest BCUT2D eigenvalue weighted by atomic mass is 32.1. The van der Waals surface area contributed by atoms with Crippen LogP contribution in [0.25, 0.3) is 16.2 Å². The number of imidazole rings is 1. The molecule has 0 atom stereocenters. The van der Waals surface area contributed by atoms with E-state index < -0.39 is 0 Å². The van der Waals surface area contributed by atoms with Gasteiger partial charge in [0.05, 0.1) is 12.3 Å². The average Bonchev–Trinajstić information content (AvgIpc) is 3.02. The summed E-state index contributed by atoms with van der Waals surface area (Å²) in [5, 5.41) is 2.12. The monoisotopic (exact) mass is 287 g/mol. The van der Waals surface area contributed by atoms with Crippen LogP contribution in [0.4, 0.5) is 0 Å². The van der Waals surface area contributed by atoms with Crippen molar-refractivity contribution >= 4 is 16.3 Å². The Morgan fingerprint density at radius 1 is 1.30 bits per heavy atom. The fraction of sp³-hybridized carbons (Fsp3) is 0.267. The predicted molar refractivity (Wildman–Crippen MR) is 82.4 cm³/mol. The Balaban J connectivity index is 1.93. The zero-order valence-corrected chi connectivity index (χ0v) is 12.2. The first-order valence-corrected chi connectivity index (χ1v) is 7.58. The smallest absolute Gasteiger partial charge is 0.194 e. The molecule has 2 aromatic heterocycles. The van der Waals surface area contributed by atoms with Crippen molar-refractivity contribution in [2.24, 2.45) is 5.73 Å². The van der Waals surface area contributed by atoms with Crippen molar-refractivity contribution in [1.29, 1.82) is 0 Å². The third-order valence-electron chi connectivity index (χ3n) is 3.14. The summed E-state index contributed by atoms with van der Waals surface area (Å²) in [4.78, 5) is 5.67. The number of ether oxygens (including phenoxy) is 1. The molecule has 104 valence electrons. The number of thiazole rings is 1. The van der Waals surface area contributed by atoms with Crippen LogP contribution < -0.4 is 10.5 Å². The summed E-state index contributed by atoms with van der Waals surface area (Å²) in [5.41, 5.74) is 8.93. The summed E-state index contributed by atoms with van der Waals surface area (Å²) < 4.78 is 7.58. The van der Waals surface area contributed by atoms with Gasteiger partial charge in [-0.1, -0.05) is 0 Å². The van der Waals surface area contributed by atoms with Gasteiger partial charge in [-0.15, -0.1) is 11.3 Å². The minimum Gasteiger partial charge on any atom is -0.494 e. The lowest BCUT2D eigenvalue weighted by Crippen LogP contribution is -2.04. The maximum atomic E-state index is 5.63. The molecule has 0 aliphatic carbocycles. The van der Waals surface area contributed by atoms with Gasteiger partial charge in [-0.05, 0) is 37.7 Å². The summed E-state index contributed by atoms with van der Waals surface area (Å²) in [6.45, 7) is 3.32. The molecule has 5 heteroatoms. The molecule has 2 N–H and O–H groups in total. The normalized spacial score (nSPS) is 11.1. The van der Waals surface area contributed by atoms with Gasteiger partial charge in [0.25, 0.3) is 0 Å². The molecule has 0 amide bonds. The second kappa shape index (κ2) is 5.64. The van der Waals surface area contributed by atoms with E-state index in [4.69, 9.17) is 10.5 Å². The Morgan fingerprint density at radius 2 is 2.10 bits per heavy atom. The van der Waals surface area contributed by atoms with Crippen LogP contribution in [0.5, 0.6) is 5.75 Å². The number of benzene rings is 1. The van der Waals surface area contributed by atoms with Gasteiger partial charge in [0.15, 0.2) is 4.96 Å². The standard InChI is InChI=1S/C15H17N3OS/c1-2-19-13-5-3-11(4-6-13)14-9-18-12(7-8-16)10-20-15(18)17-14/h3-6,9-10H,2,7-8,16H2,1H3. The summed E-state index contributed by atoms with van der Waals surface area (Å²) in [7, 11) is 0. The average molecular weight is 287 g/mol. The number of hydrogen-bond acceptors (Lipinski definition) is 4. The van der Waals surface area contributed by atoms with E-state index in [1.54, 1.807) is 11.3 Å². The van der Waals surface area contributed by atoms with Crippen LogP contribution in [0, 0.1) is 0 Å². The Kier molecular flexibility index (Phi) is 3.71. The van der Waals surface area contributed by atoms with Gasteiger partial charge < -0.3 is 10.5 Å². The van der Waals surface area contributed by atoms with E-state index in [0.717, 1.165) is 28.4 Å². The van der Waals surface area contributed by atoms with Crippen LogP contribution in [0.1, 0.15) is 12.6 Å². The van der Waals surface area contributed by atoms with Crippen LogP contribution in [0.15, 0.2) is 35.8 Å². The number of aromatic nitrogens is 2. The third kappa shape index (κ3) is 2.42. The number of fused-ring (bicyclic) bond motifs is 1. The first-order chi connectivity index (χ1) is 9.81. The second-order valence-electron chi connectivity index (χ2n) is 4.50. The van der Waals surface area contributed by atoms with Gasteiger partial charge in [-0.2, -0.15) is 0 Å². The lowest BCUT2D eigenvalue weighted by atomic mass is 10.1. The largest absolute Gasteiger partial charge is 0.494 e. The van der Waals surface area contributed by atoms with Crippen LogP contribution in [0.3, 0.4) is 0 Å². The van der Waals surface area contributed by atoms with E-state index in [1.807, 2.05) is 31.2 Å². The van der Waals surface area contributed by atoms with E-state index in [1.165, 1.54) is 5.69 Å². The zero-order chi connectivity index (χ0) is 13.9. The number of hydrogen-bond donors (Lipinski definition) is 1. The van der Waals surface area contributed by atoms with Crippen molar-refractivity contribution in [2.45, 2.75) is 13.3 Å². The number of rotatable bonds is 5. The summed E-state index contributed by atoms with van der Waals surface area (Å²) in [5.74, 6) is 0.890. The molecule has 0 aliphatic heterocycles. The van der Waals surface area contributed by atoms with Crippen molar-refractivity contribution < 1.29 is 4.74 Å². The summed E-state index contributed by atoms with van der Waals surface area (Å²) in [6.07, 6.45) is 2.95. The molecule has 2 heterocycles. The van der Waals surface area contributed by atoms with Crippen molar-refractivity contribution in [3.63, 3.8) is 0 Å². The molecule has 3 rings (SSSR count). The van der Waals surface area contributed by atoms with Gasteiger partial charge >= 0.3 is 0 Å². The van der Waals surface area contributed by atoms with Crippen LogP contribution in [0.2, 0.25) is 0 Å². The van der Waals surface area contributed by atoms with Crippen LogP contribution in [-0.2, 0) is 6.42 Å². The first kappa shape index (κ1) is 13.1. The lowest BCUT2D eigenvalue weighted by Gasteiger charge is -2.03. The Labute approximate surface area is 121 Å². The first-order valence-electron chi connectivity index (χ1n) is 6.70. The predicted octanol–water partition coefficient (Wildman–Crippen LogP) is 2.96. The molecule has 0 aliphatic rings. The second-order valence-corrected chi connectivity index (χ2v) is 5.34. The van der Waals surface area contributed by atoms with E-state index in [0.29, 0.717) is 13.2 Å². The fourth-order valence-corrected chi connectivity index (χ4v) is 3.09. The summed E-state index contributed by atoms with van der Waals surface area (Å²) in [6, 6.07) is 8.04. The van der Waals surface area contributed by atoms with E-state index in [-0.39, 0.29) is 0 Å². The van der Waals surface area contributed by atoms with Gasteiger partial charge in [0, 0.05) is 29.3 Å². The van der Waals surface area contributed by atoms with Crippen molar-refractivity contribution in [2.75, 3.05) is 13.2 Å². The maximum Gasteiger partial charge on any atom is 0.194 e. The molecule has 20 heavy (non-hydrogen) atoms. The van der Waals surface area contributed by atoms with Gasteiger partial charge in [-0.25, -0.2) is 4.98 Å². The quantitative estimate of drug-likeness (QED) is 0.785. The Hall–Kier alpha value is -1.85. The van der Waals surface area contributed by atoms with E-state index >= 15 is 0 Å². The van der Waals surface area contributed by atoms with Gasteiger partial charge in [0.1, 0.15) is 5.75 Å². The molecule has 0 radical (unpaired) electrons. The Bertz CT molecular complexity index is 700. The minimum absolute atomic E-state index is 0.655. The molecular formula is C15H17N3OS. The number of nitrogens with two attached hydrogens (primary N) is 1. The van der Waals surface area contributed by atoms with Gasteiger partial charge in [-0.3, -0.25) is 4.40 Å². The molecule has 0 unspecified atom stereocenters. The SMILES string of the molecule is CCOc1ccc(-c2cn3c(CCN)csc3n2)cc1. The van der Waals surface area contributed by atoms with E-state index in [2.05, 4.69) is 21.0 Å². The van der Waals surface area contributed by atoms with Gasteiger partial charge in [0.2, 0.25) is 0 Å². The summed E-state index contributed by atoms with van der Waals surface area (Å²) >= 11 is 1.65. The molecule has 4 nitrogen and oxygen atoms in total. The van der Waals surface area contributed by atoms with Crippen molar-refractivity contribution in [3.8, 4) is 17.0 Å². The zero-order valence-electron chi connectivity index (χ0n) is 11.4. The molecule has 0 saturated heterocycles. The molecule has 3 aromatic rings. The van der Waals surface area contributed by atoms with Crippen LogP contribution >= 0.6 is 11.3 Å². The fourth-order valence-electron chi connectivity index (χ4n) is 2.18. The molecule has 0 fully saturated rings. The molecule has 0 saturated carbocycles. The molecule has 1 aromatic carbocycles.